The number of aryl methyl sites for hydroxylation is 1. The molecule has 0 spiro atoms. The van der Waals surface area contributed by atoms with Gasteiger partial charge in [-0.1, -0.05) is 61.9 Å². The average molecular weight is 358 g/mol. The van der Waals surface area contributed by atoms with Gasteiger partial charge < -0.3 is 9.30 Å². The third-order valence-electron chi connectivity index (χ3n) is 4.55. The summed E-state index contributed by atoms with van der Waals surface area (Å²) in [4.78, 5) is 12.3. The summed E-state index contributed by atoms with van der Waals surface area (Å²) in [5.41, 5.74) is 3.90. The maximum Gasteiger partial charge on any atom is 0.348 e. The van der Waals surface area contributed by atoms with Crippen LogP contribution in [-0.2, 0) is 16.6 Å². The summed E-state index contributed by atoms with van der Waals surface area (Å²) >= 11 is 0. The second kappa shape index (κ2) is 8.37. The number of unbranched alkanes of at least 4 members (excludes halogenated alkanes) is 1. The number of hydrogen-bond donors (Lipinski definition) is 0. The van der Waals surface area contributed by atoms with E-state index >= 15 is 0 Å². The number of carbonyl (C=O) groups excluding carboxylic acids is 1. The summed E-state index contributed by atoms with van der Waals surface area (Å²) in [6.45, 7) is 2.35. The third kappa shape index (κ3) is 3.78. The van der Waals surface area contributed by atoms with Crippen LogP contribution in [0.2, 0.25) is 0 Å². The normalized spacial score (nSPS) is 11.4. The maximum absolute atomic E-state index is 12.3. The lowest BCUT2D eigenvalue weighted by atomic mass is 10.0. The summed E-state index contributed by atoms with van der Waals surface area (Å²) in [7, 11) is 1.99. The first-order valence-corrected chi connectivity index (χ1v) is 9.09. The Morgan fingerprint density at radius 1 is 1.15 bits per heavy atom. The van der Waals surface area contributed by atoms with E-state index < -0.39 is 5.97 Å². The van der Waals surface area contributed by atoms with Crippen molar-refractivity contribution < 1.29 is 9.53 Å². The molecule has 4 nitrogen and oxygen atoms in total. The van der Waals surface area contributed by atoms with Crippen molar-refractivity contribution in [2.24, 2.45) is 7.05 Å². The molecule has 0 atom stereocenters. The molecule has 0 aliphatic carbocycles. The number of fused-ring (bicyclic) bond motifs is 1. The quantitative estimate of drug-likeness (QED) is 0.267. The van der Waals surface area contributed by atoms with Crippen molar-refractivity contribution in [1.29, 1.82) is 5.26 Å². The zero-order valence-corrected chi connectivity index (χ0v) is 15.6. The molecule has 0 radical (unpaired) electrons. The zero-order valence-electron chi connectivity index (χ0n) is 15.6. The number of benzene rings is 2. The van der Waals surface area contributed by atoms with Crippen LogP contribution in [-0.4, -0.2) is 17.1 Å². The Morgan fingerprint density at radius 2 is 1.85 bits per heavy atom. The van der Waals surface area contributed by atoms with Crippen LogP contribution in [0.15, 0.2) is 60.2 Å². The lowest BCUT2D eigenvalue weighted by molar-refractivity contribution is -0.138. The smallest absolute Gasteiger partial charge is 0.348 e. The molecule has 0 aliphatic heterocycles. The van der Waals surface area contributed by atoms with E-state index in [1.165, 1.54) is 0 Å². The molecule has 0 aliphatic rings. The topological polar surface area (TPSA) is 55.0 Å². The lowest BCUT2D eigenvalue weighted by Gasteiger charge is -2.07. The Hall–Kier alpha value is -3.32. The van der Waals surface area contributed by atoms with Crippen LogP contribution < -0.4 is 0 Å². The van der Waals surface area contributed by atoms with Crippen molar-refractivity contribution in [2.75, 3.05) is 6.61 Å². The fourth-order valence-electron chi connectivity index (χ4n) is 3.18. The second-order valence-electron chi connectivity index (χ2n) is 6.36. The molecule has 2 aromatic carbocycles. The summed E-state index contributed by atoms with van der Waals surface area (Å²) in [6.07, 6.45) is 3.37. The van der Waals surface area contributed by atoms with Crippen molar-refractivity contribution >= 4 is 22.9 Å². The van der Waals surface area contributed by atoms with Crippen LogP contribution in [0.4, 0.5) is 0 Å². The molecule has 4 heteroatoms. The molecule has 0 bridgehead atoms. The molecule has 1 heterocycles. The van der Waals surface area contributed by atoms with E-state index in [9.17, 15) is 10.1 Å². The molecule has 1 aromatic heterocycles. The van der Waals surface area contributed by atoms with Gasteiger partial charge in [-0.15, -0.1) is 0 Å². The van der Waals surface area contributed by atoms with Gasteiger partial charge in [-0.2, -0.15) is 5.26 Å². The first-order chi connectivity index (χ1) is 13.2. The molecular formula is C23H22N2O2. The van der Waals surface area contributed by atoms with Gasteiger partial charge in [0.2, 0.25) is 0 Å². The molecule has 136 valence electrons. The van der Waals surface area contributed by atoms with Crippen LogP contribution >= 0.6 is 0 Å². The number of nitrogens with zero attached hydrogens (tertiary/aromatic N) is 2. The Balaban J connectivity index is 2.15. The fraction of sp³-hybridized carbons (Fsp3) is 0.217. The van der Waals surface area contributed by atoms with Gasteiger partial charge >= 0.3 is 5.97 Å². The van der Waals surface area contributed by atoms with Crippen molar-refractivity contribution in [2.45, 2.75) is 19.8 Å². The minimum Gasteiger partial charge on any atom is -0.462 e. The number of aromatic nitrogens is 1. The molecular weight excluding hydrogens is 336 g/mol. The van der Waals surface area contributed by atoms with Gasteiger partial charge in [0.25, 0.3) is 0 Å². The molecule has 0 N–H and O–H groups in total. The van der Waals surface area contributed by atoms with E-state index in [1.54, 1.807) is 6.08 Å². The molecule has 0 unspecified atom stereocenters. The third-order valence-corrected chi connectivity index (χ3v) is 4.55. The van der Waals surface area contributed by atoms with Crippen molar-refractivity contribution in [3.05, 3.63) is 65.7 Å². The minimum absolute atomic E-state index is 0.0136. The van der Waals surface area contributed by atoms with Gasteiger partial charge in [-0.3, -0.25) is 0 Å². The molecule has 0 saturated carbocycles. The van der Waals surface area contributed by atoms with Crippen LogP contribution in [0, 0.1) is 11.3 Å². The highest BCUT2D eigenvalue weighted by Gasteiger charge is 2.18. The number of ether oxygens (including phenoxy) is 1. The largest absolute Gasteiger partial charge is 0.462 e. The standard InChI is InChI=1S/C23H22N2O2/c1-3-4-14-27-23(26)18(16-24)15-20-19-12-8-9-13-21(19)25(2)22(20)17-10-6-5-7-11-17/h5-13,15H,3-4,14H2,1-2H3/b18-15+. The second-order valence-corrected chi connectivity index (χ2v) is 6.36. The average Bonchev–Trinajstić information content (AvgIpc) is 2.99. The molecule has 0 fully saturated rings. The highest BCUT2D eigenvalue weighted by atomic mass is 16.5. The predicted molar refractivity (Wildman–Crippen MR) is 108 cm³/mol. The SMILES string of the molecule is CCCCOC(=O)/C(C#N)=C/c1c(-c2ccccc2)n(C)c2ccccc12. The van der Waals surface area contributed by atoms with Crippen molar-refractivity contribution in [3.63, 3.8) is 0 Å². The van der Waals surface area contributed by atoms with E-state index in [-0.39, 0.29) is 5.57 Å². The van der Waals surface area contributed by atoms with Crippen molar-refractivity contribution in [1.82, 2.24) is 4.57 Å². The van der Waals surface area contributed by atoms with E-state index in [0.717, 1.165) is 40.6 Å². The van der Waals surface area contributed by atoms with Crippen molar-refractivity contribution in [3.8, 4) is 17.3 Å². The summed E-state index contributed by atoms with van der Waals surface area (Å²) < 4.78 is 7.33. The molecule has 3 aromatic rings. The van der Waals surface area contributed by atoms with Gasteiger partial charge in [0.15, 0.2) is 0 Å². The number of hydrogen-bond acceptors (Lipinski definition) is 3. The molecule has 0 saturated heterocycles. The van der Waals surface area contributed by atoms with Crippen LogP contribution in [0.25, 0.3) is 28.2 Å². The fourth-order valence-corrected chi connectivity index (χ4v) is 3.18. The van der Waals surface area contributed by atoms with E-state index in [1.807, 2.05) is 74.6 Å². The van der Waals surface area contributed by atoms with Gasteiger partial charge in [0.05, 0.1) is 12.3 Å². The van der Waals surface area contributed by atoms with Gasteiger partial charge in [0.1, 0.15) is 11.6 Å². The van der Waals surface area contributed by atoms with E-state index in [4.69, 9.17) is 4.74 Å². The summed E-state index contributed by atoms with van der Waals surface area (Å²) in [5.74, 6) is -0.571. The number of carbonyl (C=O) groups is 1. The first kappa shape index (κ1) is 18.5. The molecule has 3 rings (SSSR count). The molecule has 27 heavy (non-hydrogen) atoms. The van der Waals surface area contributed by atoms with E-state index in [2.05, 4.69) is 4.57 Å². The zero-order chi connectivity index (χ0) is 19.2. The van der Waals surface area contributed by atoms with Crippen LogP contribution in [0.5, 0.6) is 0 Å². The number of para-hydroxylation sites is 1. The first-order valence-electron chi connectivity index (χ1n) is 9.09. The van der Waals surface area contributed by atoms with Gasteiger partial charge in [-0.05, 0) is 24.1 Å². The van der Waals surface area contributed by atoms with Crippen LogP contribution in [0.3, 0.4) is 0 Å². The summed E-state index contributed by atoms with van der Waals surface area (Å²) in [6, 6.07) is 20.0. The Morgan fingerprint density at radius 3 is 2.56 bits per heavy atom. The highest BCUT2D eigenvalue weighted by molar-refractivity contribution is 6.04. The maximum atomic E-state index is 12.3. The van der Waals surface area contributed by atoms with E-state index in [0.29, 0.717) is 6.61 Å². The predicted octanol–water partition coefficient (Wildman–Crippen LogP) is 5.10. The number of rotatable bonds is 6. The Kier molecular flexibility index (Phi) is 5.73. The summed E-state index contributed by atoms with van der Waals surface area (Å²) in [5, 5.41) is 10.5. The minimum atomic E-state index is -0.571. The van der Waals surface area contributed by atoms with Gasteiger partial charge in [-0.25, -0.2) is 4.79 Å². The van der Waals surface area contributed by atoms with Crippen LogP contribution in [0.1, 0.15) is 25.3 Å². The van der Waals surface area contributed by atoms with Gasteiger partial charge in [0, 0.05) is 23.5 Å². The Labute approximate surface area is 159 Å². The number of nitriles is 1. The lowest BCUT2D eigenvalue weighted by Crippen LogP contribution is -2.07. The molecule has 0 amide bonds. The number of esters is 1. The highest BCUT2D eigenvalue weighted by Crippen LogP contribution is 2.34. The monoisotopic (exact) mass is 358 g/mol. The Bertz CT molecular complexity index is 1020.